The average Bonchev–Trinajstić information content (AvgIpc) is 2.21. The Labute approximate surface area is 92.1 Å². The van der Waals surface area contributed by atoms with Crippen molar-refractivity contribution in [1.29, 1.82) is 0 Å². The van der Waals surface area contributed by atoms with Crippen molar-refractivity contribution in [2.75, 3.05) is 5.32 Å². The van der Waals surface area contributed by atoms with Gasteiger partial charge in [0.25, 0.3) is 0 Å². The molecule has 0 bridgehead atoms. The second-order valence-corrected chi connectivity index (χ2v) is 3.52. The first-order chi connectivity index (χ1) is 7.45. The third-order valence-corrected chi connectivity index (χ3v) is 2.28. The molecular weight excluding hydrogens is 216 g/mol. The molecule has 1 rings (SSSR count). The molecule has 3 nitrogen and oxygen atoms in total. The van der Waals surface area contributed by atoms with Crippen molar-refractivity contribution < 1.29 is 18.7 Å². The molecule has 88 valence electrons. The highest BCUT2D eigenvalue weighted by Crippen LogP contribution is 2.20. The fraction of sp³-hybridized carbons (Fsp3) is 0.364. The molecule has 2 N–H and O–H groups in total. The fourth-order valence-corrected chi connectivity index (χ4v) is 1.28. The SMILES string of the molecule is CCC(Nc1cc(F)c(C)cc1F)C(=O)O. The van der Waals surface area contributed by atoms with Crippen molar-refractivity contribution in [2.24, 2.45) is 0 Å². The normalized spacial score (nSPS) is 12.2. The smallest absolute Gasteiger partial charge is 0.326 e. The molecule has 1 atom stereocenters. The van der Waals surface area contributed by atoms with E-state index < -0.39 is 23.6 Å². The van der Waals surface area contributed by atoms with E-state index in [0.29, 0.717) is 0 Å². The van der Waals surface area contributed by atoms with Crippen LogP contribution in [0.15, 0.2) is 12.1 Å². The van der Waals surface area contributed by atoms with Crippen molar-refractivity contribution in [3.63, 3.8) is 0 Å². The van der Waals surface area contributed by atoms with Crippen LogP contribution in [0.5, 0.6) is 0 Å². The van der Waals surface area contributed by atoms with E-state index in [2.05, 4.69) is 5.32 Å². The van der Waals surface area contributed by atoms with Gasteiger partial charge in [-0.3, -0.25) is 0 Å². The van der Waals surface area contributed by atoms with Crippen molar-refractivity contribution >= 4 is 11.7 Å². The Balaban J connectivity index is 2.96. The molecule has 0 amide bonds. The Bertz CT molecular complexity index is 407. The van der Waals surface area contributed by atoms with Crippen molar-refractivity contribution in [2.45, 2.75) is 26.3 Å². The number of rotatable bonds is 4. The molecule has 0 saturated carbocycles. The summed E-state index contributed by atoms with van der Waals surface area (Å²) >= 11 is 0. The molecule has 16 heavy (non-hydrogen) atoms. The molecule has 1 aromatic carbocycles. The van der Waals surface area contributed by atoms with E-state index in [9.17, 15) is 13.6 Å². The predicted octanol–water partition coefficient (Wildman–Crippen LogP) is 2.55. The second kappa shape index (κ2) is 4.92. The van der Waals surface area contributed by atoms with E-state index >= 15 is 0 Å². The molecule has 5 heteroatoms. The first kappa shape index (κ1) is 12.4. The summed E-state index contributed by atoms with van der Waals surface area (Å²) in [5.41, 5.74) is 0.0590. The lowest BCUT2D eigenvalue weighted by atomic mass is 10.1. The first-order valence-electron chi connectivity index (χ1n) is 4.90. The van der Waals surface area contributed by atoms with Crippen molar-refractivity contribution in [1.82, 2.24) is 0 Å². The zero-order valence-electron chi connectivity index (χ0n) is 9.05. The Morgan fingerprint density at radius 3 is 2.56 bits per heavy atom. The molecule has 0 saturated heterocycles. The maximum atomic E-state index is 13.4. The van der Waals surface area contributed by atoms with E-state index in [1.807, 2.05) is 0 Å². The number of carboxylic acids is 1. The summed E-state index contributed by atoms with van der Waals surface area (Å²) in [5.74, 6) is -2.31. The molecule has 0 spiro atoms. The van der Waals surface area contributed by atoms with Crippen molar-refractivity contribution in [3.8, 4) is 0 Å². The Morgan fingerprint density at radius 1 is 1.44 bits per heavy atom. The zero-order valence-corrected chi connectivity index (χ0v) is 9.05. The topological polar surface area (TPSA) is 49.3 Å². The van der Waals surface area contributed by atoms with E-state index in [1.54, 1.807) is 6.92 Å². The van der Waals surface area contributed by atoms with Gasteiger partial charge in [-0.05, 0) is 25.0 Å². The third kappa shape index (κ3) is 2.68. The number of hydrogen-bond donors (Lipinski definition) is 2. The van der Waals surface area contributed by atoms with Crippen LogP contribution in [0, 0.1) is 18.6 Å². The number of aryl methyl sites for hydroxylation is 1. The first-order valence-corrected chi connectivity index (χ1v) is 4.90. The number of carbonyl (C=O) groups is 1. The summed E-state index contributed by atoms with van der Waals surface area (Å²) in [4.78, 5) is 10.7. The summed E-state index contributed by atoms with van der Waals surface area (Å²) in [6, 6.07) is 1.08. The van der Waals surface area contributed by atoms with Crippen LogP contribution in [-0.4, -0.2) is 17.1 Å². The molecular formula is C11H13F2NO2. The lowest BCUT2D eigenvalue weighted by molar-refractivity contribution is -0.137. The maximum absolute atomic E-state index is 13.4. The summed E-state index contributed by atoms with van der Waals surface area (Å²) in [7, 11) is 0. The predicted molar refractivity (Wildman–Crippen MR) is 56.4 cm³/mol. The number of halogens is 2. The lowest BCUT2D eigenvalue weighted by Gasteiger charge is -2.14. The van der Waals surface area contributed by atoms with Crippen LogP contribution in [0.3, 0.4) is 0 Å². The van der Waals surface area contributed by atoms with Gasteiger partial charge in [-0.1, -0.05) is 6.92 Å². The fourth-order valence-electron chi connectivity index (χ4n) is 1.28. The van der Waals surface area contributed by atoms with Gasteiger partial charge in [0, 0.05) is 6.07 Å². The van der Waals surface area contributed by atoms with Crippen LogP contribution >= 0.6 is 0 Å². The van der Waals surface area contributed by atoms with Crippen LogP contribution in [0.4, 0.5) is 14.5 Å². The number of carboxylic acid groups (broad SMARTS) is 1. The highest BCUT2D eigenvalue weighted by molar-refractivity contribution is 5.77. The molecule has 0 radical (unpaired) electrons. The quantitative estimate of drug-likeness (QED) is 0.834. The molecule has 1 aromatic rings. The zero-order chi connectivity index (χ0) is 12.3. The lowest BCUT2D eigenvalue weighted by Crippen LogP contribution is -2.28. The van der Waals surface area contributed by atoms with E-state index in [4.69, 9.17) is 5.11 Å². The van der Waals surface area contributed by atoms with Crippen LogP contribution in [0.1, 0.15) is 18.9 Å². The minimum atomic E-state index is -1.09. The number of nitrogens with one attached hydrogen (secondary N) is 1. The van der Waals surface area contributed by atoms with Gasteiger partial charge in [0.15, 0.2) is 0 Å². The number of benzene rings is 1. The molecule has 0 aliphatic rings. The summed E-state index contributed by atoms with van der Waals surface area (Å²) in [6.45, 7) is 3.09. The minimum Gasteiger partial charge on any atom is -0.480 e. The Morgan fingerprint density at radius 2 is 2.06 bits per heavy atom. The number of anilines is 1. The Kier molecular flexibility index (Phi) is 3.82. The van der Waals surface area contributed by atoms with Crippen LogP contribution in [0.2, 0.25) is 0 Å². The minimum absolute atomic E-state index is 0.127. The van der Waals surface area contributed by atoms with Crippen LogP contribution in [-0.2, 0) is 4.79 Å². The van der Waals surface area contributed by atoms with Gasteiger partial charge < -0.3 is 10.4 Å². The number of aliphatic carboxylic acids is 1. The van der Waals surface area contributed by atoms with E-state index in [1.165, 1.54) is 6.92 Å². The maximum Gasteiger partial charge on any atom is 0.326 e. The monoisotopic (exact) mass is 229 g/mol. The molecule has 0 aromatic heterocycles. The molecule has 0 fully saturated rings. The highest BCUT2D eigenvalue weighted by Gasteiger charge is 2.17. The number of hydrogen-bond acceptors (Lipinski definition) is 2. The highest BCUT2D eigenvalue weighted by atomic mass is 19.1. The molecule has 0 aliphatic carbocycles. The standard InChI is InChI=1S/C11H13F2NO2/c1-3-9(11(15)16)14-10-5-7(12)6(2)4-8(10)13/h4-5,9,14H,3H2,1-2H3,(H,15,16). The summed E-state index contributed by atoms with van der Waals surface area (Å²) in [6.07, 6.45) is 0.282. The Hall–Kier alpha value is -1.65. The molecule has 1 unspecified atom stereocenters. The van der Waals surface area contributed by atoms with Gasteiger partial charge >= 0.3 is 5.97 Å². The van der Waals surface area contributed by atoms with E-state index in [-0.39, 0.29) is 17.7 Å². The summed E-state index contributed by atoms with van der Waals surface area (Å²) in [5, 5.41) is 11.2. The van der Waals surface area contributed by atoms with Gasteiger partial charge in [-0.25, -0.2) is 13.6 Å². The molecule has 0 aliphatic heterocycles. The van der Waals surface area contributed by atoms with E-state index in [0.717, 1.165) is 12.1 Å². The second-order valence-electron chi connectivity index (χ2n) is 3.52. The molecule has 0 heterocycles. The van der Waals surface area contributed by atoms with Gasteiger partial charge in [-0.15, -0.1) is 0 Å². The summed E-state index contributed by atoms with van der Waals surface area (Å²) < 4.78 is 26.5. The van der Waals surface area contributed by atoms with Crippen LogP contribution in [0.25, 0.3) is 0 Å². The van der Waals surface area contributed by atoms with Crippen molar-refractivity contribution in [3.05, 3.63) is 29.3 Å². The van der Waals surface area contributed by atoms with Crippen LogP contribution < -0.4 is 5.32 Å². The van der Waals surface area contributed by atoms with Gasteiger partial charge in [0.1, 0.15) is 17.7 Å². The van der Waals surface area contributed by atoms with Gasteiger partial charge in [-0.2, -0.15) is 0 Å². The van der Waals surface area contributed by atoms with Gasteiger partial charge in [0.05, 0.1) is 5.69 Å². The largest absolute Gasteiger partial charge is 0.480 e. The average molecular weight is 229 g/mol. The van der Waals surface area contributed by atoms with Gasteiger partial charge in [0.2, 0.25) is 0 Å². The third-order valence-electron chi connectivity index (χ3n) is 2.28.